The highest BCUT2D eigenvalue weighted by Gasteiger charge is 2.11. The van der Waals surface area contributed by atoms with Gasteiger partial charge in [0, 0.05) is 25.5 Å². The number of aromatic nitrogens is 2. The van der Waals surface area contributed by atoms with Crippen LogP contribution in [0.25, 0.3) is 0 Å². The normalized spacial score (nSPS) is 11.7. The summed E-state index contributed by atoms with van der Waals surface area (Å²) in [6, 6.07) is 0. The van der Waals surface area contributed by atoms with Crippen molar-refractivity contribution in [3.05, 3.63) is 12.4 Å². The lowest BCUT2D eigenvalue weighted by Gasteiger charge is -2.19. The predicted octanol–water partition coefficient (Wildman–Crippen LogP) is 3.14. The molecule has 86 valence electrons. The first-order valence-electron chi connectivity index (χ1n) is 5.78. The van der Waals surface area contributed by atoms with E-state index in [0.29, 0.717) is 5.41 Å². The number of unbranched alkanes of at least 4 members (excludes halogenated alkanes) is 1. The van der Waals surface area contributed by atoms with Crippen molar-refractivity contribution in [1.29, 1.82) is 0 Å². The van der Waals surface area contributed by atoms with Crippen LogP contribution < -0.4 is 5.32 Å². The Morgan fingerprint density at radius 2 is 2.13 bits per heavy atom. The Morgan fingerprint density at radius 3 is 2.73 bits per heavy atom. The first kappa shape index (κ1) is 12.1. The van der Waals surface area contributed by atoms with Crippen LogP contribution in [0.2, 0.25) is 0 Å². The van der Waals surface area contributed by atoms with Gasteiger partial charge >= 0.3 is 0 Å². The third kappa shape index (κ3) is 4.36. The molecule has 0 amide bonds. The van der Waals surface area contributed by atoms with Crippen LogP contribution in [0.15, 0.2) is 12.4 Å². The van der Waals surface area contributed by atoms with Gasteiger partial charge in [0.2, 0.25) is 5.95 Å². The maximum absolute atomic E-state index is 4.32. The Labute approximate surface area is 92.9 Å². The monoisotopic (exact) mass is 209 g/mol. The molecule has 0 saturated heterocycles. The molecule has 0 spiro atoms. The van der Waals surface area contributed by atoms with Crippen molar-refractivity contribution in [2.45, 2.75) is 47.1 Å². The predicted molar refractivity (Wildman–Crippen MR) is 65.1 cm³/mol. The lowest BCUT2D eigenvalue weighted by Crippen LogP contribution is -2.21. The number of hydrogen-bond donors (Lipinski definition) is 1. The maximum Gasteiger partial charge on any atom is 0.202 e. The van der Waals surface area contributed by atoms with Crippen molar-refractivity contribution < 1.29 is 0 Å². The van der Waals surface area contributed by atoms with E-state index in [4.69, 9.17) is 0 Å². The van der Waals surface area contributed by atoms with E-state index < -0.39 is 0 Å². The Morgan fingerprint density at radius 1 is 1.40 bits per heavy atom. The Kier molecular flexibility index (Phi) is 4.18. The van der Waals surface area contributed by atoms with Crippen LogP contribution in [0.1, 0.15) is 40.5 Å². The highest BCUT2D eigenvalue weighted by atomic mass is 15.2. The quantitative estimate of drug-likeness (QED) is 0.807. The molecule has 0 aliphatic carbocycles. The lowest BCUT2D eigenvalue weighted by molar-refractivity contribution is 0.440. The second-order valence-electron chi connectivity index (χ2n) is 5.21. The topological polar surface area (TPSA) is 29.9 Å². The summed E-state index contributed by atoms with van der Waals surface area (Å²) in [6.07, 6.45) is 6.33. The molecule has 1 aromatic heterocycles. The number of rotatable bonds is 5. The summed E-state index contributed by atoms with van der Waals surface area (Å²) in [5, 5.41) is 3.39. The van der Waals surface area contributed by atoms with Crippen LogP contribution >= 0.6 is 0 Å². The molecule has 0 aliphatic rings. The molecular weight excluding hydrogens is 186 g/mol. The molecular formula is C12H23N3. The third-order valence-corrected chi connectivity index (χ3v) is 2.24. The van der Waals surface area contributed by atoms with Gasteiger partial charge in [0.05, 0.1) is 0 Å². The minimum absolute atomic E-state index is 0.293. The van der Waals surface area contributed by atoms with Gasteiger partial charge in [0.1, 0.15) is 0 Å². The molecule has 1 heterocycles. The summed E-state index contributed by atoms with van der Waals surface area (Å²) < 4.78 is 2.19. The molecule has 0 aromatic carbocycles. The number of nitrogens with zero attached hydrogens (tertiary/aromatic N) is 2. The Bertz CT molecular complexity index is 283. The average Bonchev–Trinajstić information content (AvgIpc) is 2.57. The number of aryl methyl sites for hydroxylation is 1. The molecule has 0 aliphatic heterocycles. The lowest BCUT2D eigenvalue weighted by atomic mass is 9.97. The van der Waals surface area contributed by atoms with E-state index in [1.807, 2.05) is 12.4 Å². The zero-order valence-electron chi connectivity index (χ0n) is 10.4. The molecule has 0 radical (unpaired) electrons. The van der Waals surface area contributed by atoms with Gasteiger partial charge in [0.15, 0.2) is 0 Å². The molecule has 1 aromatic rings. The van der Waals surface area contributed by atoms with Gasteiger partial charge in [-0.3, -0.25) is 0 Å². The van der Waals surface area contributed by atoms with Crippen LogP contribution in [0.4, 0.5) is 5.95 Å². The number of imidazole rings is 1. The summed E-state index contributed by atoms with van der Waals surface area (Å²) in [6.45, 7) is 10.9. The minimum Gasteiger partial charge on any atom is -0.355 e. The smallest absolute Gasteiger partial charge is 0.202 e. The van der Waals surface area contributed by atoms with Crippen molar-refractivity contribution in [1.82, 2.24) is 9.55 Å². The Balaban J connectivity index is 2.50. The van der Waals surface area contributed by atoms with E-state index in [1.54, 1.807) is 0 Å². The summed E-state index contributed by atoms with van der Waals surface area (Å²) in [5.41, 5.74) is 0.293. The minimum atomic E-state index is 0.293. The molecule has 15 heavy (non-hydrogen) atoms. The molecule has 3 heteroatoms. The fraction of sp³-hybridized carbons (Fsp3) is 0.750. The van der Waals surface area contributed by atoms with Gasteiger partial charge in [-0.2, -0.15) is 0 Å². The SMILES string of the molecule is CCCCn1ccnc1NCC(C)(C)C. The van der Waals surface area contributed by atoms with Gasteiger partial charge < -0.3 is 9.88 Å². The van der Waals surface area contributed by atoms with E-state index in [-0.39, 0.29) is 0 Å². The summed E-state index contributed by atoms with van der Waals surface area (Å²) >= 11 is 0. The zero-order chi connectivity index (χ0) is 11.3. The van der Waals surface area contributed by atoms with E-state index in [1.165, 1.54) is 12.8 Å². The first-order chi connectivity index (χ1) is 7.03. The van der Waals surface area contributed by atoms with E-state index >= 15 is 0 Å². The van der Waals surface area contributed by atoms with E-state index in [9.17, 15) is 0 Å². The number of hydrogen-bond acceptors (Lipinski definition) is 2. The fourth-order valence-electron chi connectivity index (χ4n) is 1.33. The van der Waals surface area contributed by atoms with Gasteiger partial charge in [0.25, 0.3) is 0 Å². The van der Waals surface area contributed by atoms with Crippen LogP contribution in [0, 0.1) is 5.41 Å². The summed E-state index contributed by atoms with van der Waals surface area (Å²) in [4.78, 5) is 4.32. The highest BCUT2D eigenvalue weighted by Crippen LogP contribution is 2.14. The summed E-state index contributed by atoms with van der Waals surface area (Å²) in [5.74, 6) is 0.998. The van der Waals surface area contributed by atoms with Crippen LogP contribution in [0.5, 0.6) is 0 Å². The molecule has 1 rings (SSSR count). The van der Waals surface area contributed by atoms with Gasteiger partial charge in [-0.15, -0.1) is 0 Å². The van der Waals surface area contributed by atoms with E-state index in [0.717, 1.165) is 19.0 Å². The molecule has 0 unspecified atom stereocenters. The molecule has 0 bridgehead atoms. The van der Waals surface area contributed by atoms with E-state index in [2.05, 4.69) is 42.6 Å². The van der Waals surface area contributed by atoms with Crippen molar-refractivity contribution in [3.63, 3.8) is 0 Å². The maximum atomic E-state index is 4.32. The van der Waals surface area contributed by atoms with Crippen LogP contribution in [0.3, 0.4) is 0 Å². The van der Waals surface area contributed by atoms with Crippen molar-refractivity contribution >= 4 is 5.95 Å². The van der Waals surface area contributed by atoms with Crippen molar-refractivity contribution in [3.8, 4) is 0 Å². The second-order valence-corrected chi connectivity index (χ2v) is 5.21. The molecule has 3 nitrogen and oxygen atoms in total. The number of anilines is 1. The molecule has 0 atom stereocenters. The highest BCUT2D eigenvalue weighted by molar-refractivity contribution is 5.26. The number of nitrogens with one attached hydrogen (secondary N) is 1. The van der Waals surface area contributed by atoms with Crippen molar-refractivity contribution in [2.75, 3.05) is 11.9 Å². The van der Waals surface area contributed by atoms with Crippen LogP contribution in [-0.2, 0) is 6.54 Å². The molecule has 1 N–H and O–H groups in total. The van der Waals surface area contributed by atoms with Gasteiger partial charge in [-0.05, 0) is 11.8 Å². The van der Waals surface area contributed by atoms with Crippen LogP contribution in [-0.4, -0.2) is 16.1 Å². The average molecular weight is 209 g/mol. The fourth-order valence-corrected chi connectivity index (χ4v) is 1.33. The first-order valence-corrected chi connectivity index (χ1v) is 5.78. The summed E-state index contributed by atoms with van der Waals surface area (Å²) in [7, 11) is 0. The standard InChI is InChI=1S/C12H23N3/c1-5-6-8-15-9-7-13-11(15)14-10-12(2,3)4/h7,9H,5-6,8,10H2,1-4H3,(H,13,14). The second kappa shape index (κ2) is 5.19. The zero-order valence-corrected chi connectivity index (χ0v) is 10.4. The largest absolute Gasteiger partial charge is 0.355 e. The Hall–Kier alpha value is -0.990. The molecule has 0 fully saturated rings. The van der Waals surface area contributed by atoms with Crippen molar-refractivity contribution in [2.24, 2.45) is 5.41 Å². The molecule has 0 saturated carbocycles. The van der Waals surface area contributed by atoms with Gasteiger partial charge in [-0.1, -0.05) is 34.1 Å². The third-order valence-electron chi connectivity index (χ3n) is 2.24. The van der Waals surface area contributed by atoms with Gasteiger partial charge in [-0.25, -0.2) is 4.98 Å².